The molecule has 0 saturated heterocycles. The molecule has 3 aromatic rings. The first-order valence-corrected chi connectivity index (χ1v) is 6.42. The Morgan fingerprint density at radius 2 is 2.16 bits per heavy atom. The maximum Gasteiger partial charge on any atom is 0.224 e. The minimum Gasteiger partial charge on any atom is -0.368 e. The highest BCUT2D eigenvalue weighted by atomic mass is 79.9. The number of aryl methyl sites for hydroxylation is 1. The zero-order chi connectivity index (χ0) is 13.4. The maximum atomic E-state index is 5.69. The summed E-state index contributed by atoms with van der Waals surface area (Å²) in [6, 6.07) is 5.99. The van der Waals surface area contributed by atoms with Gasteiger partial charge in [-0.15, -0.1) is 0 Å². The third-order valence-corrected chi connectivity index (χ3v) is 3.27. The summed E-state index contributed by atoms with van der Waals surface area (Å²) in [5.74, 6) is 0.837. The number of benzene rings is 1. The Balaban J connectivity index is 2.10. The molecule has 2 aromatic heterocycles. The summed E-state index contributed by atoms with van der Waals surface area (Å²) in [5.41, 5.74) is 8.36. The van der Waals surface area contributed by atoms with Crippen LogP contribution < -0.4 is 11.1 Å². The van der Waals surface area contributed by atoms with Gasteiger partial charge in [0, 0.05) is 10.2 Å². The van der Waals surface area contributed by atoms with Gasteiger partial charge in [-0.1, -0.05) is 22.0 Å². The van der Waals surface area contributed by atoms with Gasteiger partial charge in [0.05, 0.1) is 11.6 Å². The minimum atomic E-state index is 0.201. The summed E-state index contributed by atoms with van der Waals surface area (Å²) in [4.78, 5) is 8.30. The number of aromatic nitrogens is 4. The number of nitrogens with one attached hydrogen (secondary N) is 2. The van der Waals surface area contributed by atoms with E-state index in [0.29, 0.717) is 11.5 Å². The van der Waals surface area contributed by atoms with Gasteiger partial charge in [-0.2, -0.15) is 15.1 Å². The lowest BCUT2D eigenvalue weighted by molar-refractivity contribution is 1.09. The van der Waals surface area contributed by atoms with Crippen LogP contribution in [0.25, 0.3) is 11.0 Å². The molecular weight excluding hydrogens is 308 g/mol. The van der Waals surface area contributed by atoms with Crippen molar-refractivity contribution in [3.05, 3.63) is 34.4 Å². The molecule has 0 aliphatic rings. The molecule has 0 spiro atoms. The Labute approximate surface area is 117 Å². The van der Waals surface area contributed by atoms with Crippen LogP contribution >= 0.6 is 15.9 Å². The fourth-order valence-electron chi connectivity index (χ4n) is 1.80. The molecule has 0 amide bonds. The number of aromatic amines is 1. The third kappa shape index (κ3) is 2.24. The van der Waals surface area contributed by atoms with Crippen molar-refractivity contribution >= 4 is 44.4 Å². The lowest BCUT2D eigenvalue weighted by atomic mass is 10.2. The van der Waals surface area contributed by atoms with Gasteiger partial charge in [-0.25, -0.2) is 0 Å². The number of nitrogens with two attached hydrogens (primary N) is 1. The fourth-order valence-corrected chi connectivity index (χ4v) is 2.17. The molecule has 0 aliphatic heterocycles. The molecule has 0 bridgehead atoms. The topological polar surface area (TPSA) is 92.5 Å². The van der Waals surface area contributed by atoms with E-state index in [2.05, 4.69) is 41.4 Å². The number of hydrogen-bond acceptors (Lipinski definition) is 5. The van der Waals surface area contributed by atoms with Gasteiger partial charge in [0.25, 0.3) is 0 Å². The molecule has 2 heterocycles. The van der Waals surface area contributed by atoms with E-state index in [1.54, 1.807) is 6.20 Å². The summed E-state index contributed by atoms with van der Waals surface area (Å²) in [6.07, 6.45) is 1.67. The van der Waals surface area contributed by atoms with Crippen LogP contribution in [0.2, 0.25) is 0 Å². The quantitative estimate of drug-likeness (QED) is 0.675. The molecule has 4 N–H and O–H groups in total. The second-order valence-electron chi connectivity index (χ2n) is 4.15. The Morgan fingerprint density at radius 1 is 1.32 bits per heavy atom. The molecule has 3 rings (SSSR count). The van der Waals surface area contributed by atoms with Crippen LogP contribution in [0, 0.1) is 6.92 Å². The molecule has 0 atom stereocenters. The van der Waals surface area contributed by atoms with E-state index in [1.165, 1.54) is 0 Å². The molecule has 0 radical (unpaired) electrons. The van der Waals surface area contributed by atoms with Gasteiger partial charge >= 0.3 is 0 Å². The second-order valence-corrected chi connectivity index (χ2v) is 5.06. The van der Waals surface area contributed by atoms with Gasteiger partial charge in [0.2, 0.25) is 5.95 Å². The van der Waals surface area contributed by atoms with E-state index in [4.69, 9.17) is 5.73 Å². The van der Waals surface area contributed by atoms with Crippen molar-refractivity contribution in [1.82, 2.24) is 20.2 Å². The van der Waals surface area contributed by atoms with Gasteiger partial charge in [0.1, 0.15) is 5.82 Å². The monoisotopic (exact) mass is 318 g/mol. The van der Waals surface area contributed by atoms with E-state index in [0.717, 1.165) is 21.1 Å². The number of halogens is 1. The van der Waals surface area contributed by atoms with E-state index < -0.39 is 0 Å². The van der Waals surface area contributed by atoms with Crippen molar-refractivity contribution in [3.63, 3.8) is 0 Å². The van der Waals surface area contributed by atoms with Crippen molar-refractivity contribution < 1.29 is 0 Å². The lowest BCUT2D eigenvalue weighted by Crippen LogP contribution is -2.01. The van der Waals surface area contributed by atoms with Crippen LogP contribution in [0.15, 0.2) is 28.9 Å². The maximum absolute atomic E-state index is 5.69. The van der Waals surface area contributed by atoms with Crippen molar-refractivity contribution in [3.8, 4) is 0 Å². The van der Waals surface area contributed by atoms with Crippen LogP contribution in [0.4, 0.5) is 17.5 Å². The number of H-pyrrole nitrogens is 1. The van der Waals surface area contributed by atoms with Gasteiger partial charge in [-0.05, 0) is 24.6 Å². The predicted octanol–water partition coefficient (Wildman–Crippen LogP) is 2.75. The number of anilines is 3. The molecule has 1 aromatic carbocycles. The van der Waals surface area contributed by atoms with E-state index in [-0.39, 0.29) is 5.95 Å². The van der Waals surface area contributed by atoms with Gasteiger partial charge in [-0.3, -0.25) is 5.10 Å². The molecule has 6 nitrogen and oxygen atoms in total. The average molecular weight is 319 g/mol. The Hall–Kier alpha value is -2.15. The molecule has 0 saturated carbocycles. The van der Waals surface area contributed by atoms with Crippen LogP contribution in [0.5, 0.6) is 0 Å². The summed E-state index contributed by atoms with van der Waals surface area (Å²) in [5, 5.41) is 10.8. The fraction of sp³-hybridized carbons (Fsp3) is 0.0833. The van der Waals surface area contributed by atoms with Crippen molar-refractivity contribution in [2.24, 2.45) is 0 Å². The smallest absolute Gasteiger partial charge is 0.224 e. The average Bonchev–Trinajstić information content (AvgIpc) is 2.82. The molecule has 0 unspecified atom stereocenters. The summed E-state index contributed by atoms with van der Waals surface area (Å²) >= 11 is 3.45. The van der Waals surface area contributed by atoms with Crippen LogP contribution in [0.3, 0.4) is 0 Å². The predicted molar refractivity (Wildman–Crippen MR) is 78.3 cm³/mol. The second kappa shape index (κ2) is 4.51. The zero-order valence-corrected chi connectivity index (χ0v) is 11.7. The Morgan fingerprint density at radius 3 is 3.00 bits per heavy atom. The Kier molecular flexibility index (Phi) is 2.83. The standard InChI is InChI=1S/C12H11BrN6/c1-6-2-3-7(13)4-9(6)16-10-8-5-15-19-11(8)18-12(14)17-10/h2-5H,1H3,(H4,14,15,16,17,18,19). The van der Waals surface area contributed by atoms with Crippen molar-refractivity contribution in [1.29, 1.82) is 0 Å². The van der Waals surface area contributed by atoms with Gasteiger partial charge in [0.15, 0.2) is 5.65 Å². The van der Waals surface area contributed by atoms with Crippen molar-refractivity contribution in [2.75, 3.05) is 11.1 Å². The summed E-state index contributed by atoms with van der Waals surface area (Å²) in [6.45, 7) is 2.02. The number of fused-ring (bicyclic) bond motifs is 1. The molecule has 0 fully saturated rings. The SMILES string of the molecule is Cc1ccc(Br)cc1Nc1nc(N)nc2[nH]ncc12. The third-order valence-electron chi connectivity index (χ3n) is 2.78. The first-order chi connectivity index (χ1) is 9.13. The lowest BCUT2D eigenvalue weighted by Gasteiger charge is -2.10. The number of rotatable bonds is 2. The molecule has 7 heteroatoms. The molecule has 96 valence electrons. The Bertz CT molecular complexity index is 751. The van der Waals surface area contributed by atoms with Crippen LogP contribution in [-0.4, -0.2) is 20.2 Å². The minimum absolute atomic E-state index is 0.201. The zero-order valence-electron chi connectivity index (χ0n) is 10.1. The first-order valence-electron chi connectivity index (χ1n) is 5.63. The number of nitrogens with zero attached hydrogens (tertiary/aromatic N) is 3. The largest absolute Gasteiger partial charge is 0.368 e. The van der Waals surface area contributed by atoms with Gasteiger partial charge < -0.3 is 11.1 Å². The highest BCUT2D eigenvalue weighted by Gasteiger charge is 2.09. The molecular formula is C12H11BrN6. The van der Waals surface area contributed by atoms with E-state index in [9.17, 15) is 0 Å². The molecule has 19 heavy (non-hydrogen) atoms. The number of nitrogen functional groups attached to an aromatic ring is 1. The van der Waals surface area contributed by atoms with Crippen molar-refractivity contribution in [2.45, 2.75) is 6.92 Å². The van der Waals surface area contributed by atoms with Crippen LogP contribution in [0.1, 0.15) is 5.56 Å². The highest BCUT2D eigenvalue weighted by molar-refractivity contribution is 9.10. The van der Waals surface area contributed by atoms with E-state index in [1.807, 2.05) is 25.1 Å². The normalized spacial score (nSPS) is 10.8. The summed E-state index contributed by atoms with van der Waals surface area (Å²) in [7, 11) is 0. The summed E-state index contributed by atoms with van der Waals surface area (Å²) < 4.78 is 0.992. The number of hydrogen-bond donors (Lipinski definition) is 3. The molecule has 0 aliphatic carbocycles. The highest BCUT2D eigenvalue weighted by Crippen LogP contribution is 2.27. The van der Waals surface area contributed by atoms with Crippen LogP contribution in [-0.2, 0) is 0 Å². The first kappa shape index (κ1) is 11.9. The van der Waals surface area contributed by atoms with E-state index >= 15 is 0 Å².